The molecule has 0 fully saturated rings. The summed E-state index contributed by atoms with van der Waals surface area (Å²) in [7, 11) is 1.64. The Kier molecular flexibility index (Phi) is 2.33. The molecule has 0 bridgehead atoms. The lowest BCUT2D eigenvalue weighted by atomic mass is 10.2. The fourth-order valence-electron chi connectivity index (χ4n) is 1.42. The lowest BCUT2D eigenvalue weighted by molar-refractivity contribution is 0.415. The Morgan fingerprint density at radius 1 is 1.50 bits per heavy atom. The van der Waals surface area contributed by atoms with Crippen LogP contribution in [0.1, 0.15) is 6.92 Å². The lowest BCUT2D eigenvalue weighted by Gasteiger charge is -1.96. The molecule has 1 heterocycles. The molecule has 0 saturated carbocycles. The minimum absolute atomic E-state index is 0.685. The molecule has 0 spiro atoms. The molecular weight excluding hydrogens is 200 g/mol. The summed E-state index contributed by atoms with van der Waals surface area (Å²) < 4.78 is 6.88. The van der Waals surface area contributed by atoms with Crippen LogP contribution < -0.4 is 4.74 Å². The molecule has 0 atom stereocenters. The number of hydrogen-bond acceptors (Lipinski definition) is 2. The third-order valence-electron chi connectivity index (χ3n) is 2.18. The highest BCUT2D eigenvalue weighted by Gasteiger charge is 2.07. The first kappa shape index (κ1) is 9.34. The largest absolute Gasteiger partial charge is 0.497 e. The quantitative estimate of drug-likeness (QED) is 0.762. The van der Waals surface area contributed by atoms with Gasteiger partial charge in [0.25, 0.3) is 0 Å². The lowest BCUT2D eigenvalue weighted by Crippen LogP contribution is -1.94. The van der Waals surface area contributed by atoms with Crippen LogP contribution in [0.25, 0.3) is 10.9 Å². The van der Waals surface area contributed by atoms with E-state index in [1.54, 1.807) is 11.8 Å². The number of ether oxygens (including phenoxy) is 1. The second kappa shape index (κ2) is 3.50. The van der Waals surface area contributed by atoms with Crippen molar-refractivity contribution in [2.24, 2.45) is 0 Å². The summed E-state index contributed by atoms with van der Waals surface area (Å²) in [6, 6.07) is 5.69. The molecule has 14 heavy (non-hydrogen) atoms. The Morgan fingerprint density at radius 2 is 2.29 bits per heavy atom. The summed E-state index contributed by atoms with van der Waals surface area (Å²) in [5.41, 5.74) is 0.871. The Bertz CT molecular complexity index is 464. The SMILES string of the molecule is CCn1nc2cc(OC)ccc2c1Cl. The van der Waals surface area contributed by atoms with Crippen molar-refractivity contribution in [1.29, 1.82) is 0 Å². The molecule has 4 heteroatoms. The van der Waals surface area contributed by atoms with Crippen molar-refractivity contribution in [3.8, 4) is 5.75 Å². The summed E-state index contributed by atoms with van der Waals surface area (Å²) in [4.78, 5) is 0. The number of fused-ring (bicyclic) bond motifs is 1. The number of rotatable bonds is 2. The number of nitrogens with zero attached hydrogens (tertiary/aromatic N) is 2. The summed E-state index contributed by atoms with van der Waals surface area (Å²) >= 11 is 6.11. The zero-order valence-corrected chi connectivity index (χ0v) is 8.88. The topological polar surface area (TPSA) is 27.1 Å². The molecule has 3 nitrogen and oxygen atoms in total. The van der Waals surface area contributed by atoms with Crippen LogP contribution in [-0.2, 0) is 6.54 Å². The van der Waals surface area contributed by atoms with Crippen molar-refractivity contribution in [1.82, 2.24) is 9.78 Å². The molecular formula is C10H11ClN2O. The molecule has 1 aromatic carbocycles. The van der Waals surface area contributed by atoms with Gasteiger partial charge >= 0.3 is 0 Å². The summed E-state index contributed by atoms with van der Waals surface area (Å²) in [6.45, 7) is 2.78. The molecule has 1 aromatic heterocycles. The fraction of sp³-hybridized carbons (Fsp3) is 0.300. The van der Waals surface area contributed by atoms with E-state index in [9.17, 15) is 0 Å². The minimum Gasteiger partial charge on any atom is -0.497 e. The molecule has 0 amide bonds. The highest BCUT2D eigenvalue weighted by molar-refractivity contribution is 6.34. The number of aryl methyl sites for hydroxylation is 1. The van der Waals surface area contributed by atoms with Crippen molar-refractivity contribution in [3.63, 3.8) is 0 Å². The van der Waals surface area contributed by atoms with E-state index in [4.69, 9.17) is 16.3 Å². The van der Waals surface area contributed by atoms with E-state index in [0.717, 1.165) is 23.2 Å². The van der Waals surface area contributed by atoms with Crippen LogP contribution >= 0.6 is 11.6 Å². The van der Waals surface area contributed by atoms with E-state index in [-0.39, 0.29) is 0 Å². The van der Waals surface area contributed by atoms with Gasteiger partial charge in [0.2, 0.25) is 0 Å². The fourth-order valence-corrected chi connectivity index (χ4v) is 1.74. The number of methoxy groups -OCH3 is 1. The van der Waals surface area contributed by atoms with Gasteiger partial charge in [-0.25, -0.2) is 0 Å². The van der Waals surface area contributed by atoms with Crippen molar-refractivity contribution in [3.05, 3.63) is 23.4 Å². The van der Waals surface area contributed by atoms with Crippen LogP contribution in [0.4, 0.5) is 0 Å². The van der Waals surface area contributed by atoms with E-state index in [0.29, 0.717) is 5.15 Å². The van der Waals surface area contributed by atoms with Gasteiger partial charge in [-0.05, 0) is 19.1 Å². The van der Waals surface area contributed by atoms with E-state index < -0.39 is 0 Å². The second-order valence-electron chi connectivity index (χ2n) is 2.99. The zero-order valence-electron chi connectivity index (χ0n) is 8.12. The van der Waals surface area contributed by atoms with Gasteiger partial charge in [0.1, 0.15) is 10.9 Å². The average Bonchev–Trinajstić information content (AvgIpc) is 2.55. The van der Waals surface area contributed by atoms with E-state index in [1.165, 1.54) is 0 Å². The van der Waals surface area contributed by atoms with Gasteiger partial charge in [-0.3, -0.25) is 4.68 Å². The third kappa shape index (κ3) is 1.34. The maximum absolute atomic E-state index is 6.11. The first-order chi connectivity index (χ1) is 6.76. The predicted molar refractivity (Wildman–Crippen MR) is 57.0 cm³/mol. The van der Waals surface area contributed by atoms with Crippen molar-refractivity contribution in [2.75, 3.05) is 7.11 Å². The number of halogens is 1. The van der Waals surface area contributed by atoms with Crippen LogP contribution in [0.5, 0.6) is 5.75 Å². The molecule has 0 unspecified atom stereocenters. The first-order valence-electron chi connectivity index (χ1n) is 4.46. The molecule has 2 rings (SSSR count). The maximum atomic E-state index is 6.11. The smallest absolute Gasteiger partial charge is 0.134 e. The van der Waals surface area contributed by atoms with Crippen LogP contribution in [0.2, 0.25) is 5.15 Å². The number of aromatic nitrogens is 2. The maximum Gasteiger partial charge on any atom is 0.134 e. The van der Waals surface area contributed by atoms with E-state index in [2.05, 4.69) is 5.10 Å². The Hall–Kier alpha value is -1.22. The van der Waals surface area contributed by atoms with Crippen molar-refractivity contribution < 1.29 is 4.74 Å². The van der Waals surface area contributed by atoms with E-state index in [1.807, 2.05) is 25.1 Å². The van der Waals surface area contributed by atoms with Gasteiger partial charge in [-0.1, -0.05) is 11.6 Å². The van der Waals surface area contributed by atoms with Gasteiger partial charge in [-0.2, -0.15) is 5.10 Å². The first-order valence-corrected chi connectivity index (χ1v) is 4.84. The van der Waals surface area contributed by atoms with Gasteiger partial charge in [0, 0.05) is 18.0 Å². The Balaban J connectivity index is 2.66. The molecule has 0 aliphatic carbocycles. The van der Waals surface area contributed by atoms with Gasteiger partial charge in [0.15, 0.2) is 0 Å². The highest BCUT2D eigenvalue weighted by atomic mass is 35.5. The van der Waals surface area contributed by atoms with Crippen molar-refractivity contribution >= 4 is 22.5 Å². The predicted octanol–water partition coefficient (Wildman–Crippen LogP) is 2.72. The Morgan fingerprint density at radius 3 is 2.93 bits per heavy atom. The van der Waals surface area contributed by atoms with Gasteiger partial charge in [-0.15, -0.1) is 0 Å². The zero-order chi connectivity index (χ0) is 10.1. The highest BCUT2D eigenvalue weighted by Crippen LogP contribution is 2.26. The number of hydrogen-bond donors (Lipinski definition) is 0. The number of benzene rings is 1. The molecule has 0 aliphatic rings. The van der Waals surface area contributed by atoms with Crippen LogP contribution in [-0.4, -0.2) is 16.9 Å². The molecule has 0 radical (unpaired) electrons. The molecule has 2 aromatic rings. The molecule has 0 aliphatic heterocycles. The minimum atomic E-state index is 0.685. The van der Waals surface area contributed by atoms with Gasteiger partial charge < -0.3 is 4.74 Å². The summed E-state index contributed by atoms with van der Waals surface area (Å²) in [5.74, 6) is 0.801. The normalized spacial score (nSPS) is 10.8. The molecule has 74 valence electrons. The van der Waals surface area contributed by atoms with Crippen LogP contribution in [0.15, 0.2) is 18.2 Å². The second-order valence-corrected chi connectivity index (χ2v) is 3.35. The van der Waals surface area contributed by atoms with Gasteiger partial charge in [0.05, 0.1) is 12.6 Å². The standard InChI is InChI=1S/C10H11ClN2O/c1-3-13-10(11)8-5-4-7(14-2)6-9(8)12-13/h4-6H,3H2,1-2H3. The summed E-state index contributed by atoms with van der Waals surface area (Å²) in [5, 5.41) is 6.00. The van der Waals surface area contributed by atoms with Crippen LogP contribution in [0, 0.1) is 0 Å². The van der Waals surface area contributed by atoms with Crippen molar-refractivity contribution in [2.45, 2.75) is 13.5 Å². The molecule has 0 N–H and O–H groups in total. The Labute approximate surface area is 87.2 Å². The summed E-state index contributed by atoms with van der Waals surface area (Å²) in [6.07, 6.45) is 0. The molecule has 0 saturated heterocycles. The van der Waals surface area contributed by atoms with Crippen LogP contribution in [0.3, 0.4) is 0 Å². The monoisotopic (exact) mass is 210 g/mol. The van der Waals surface area contributed by atoms with E-state index >= 15 is 0 Å². The average molecular weight is 211 g/mol. The third-order valence-corrected chi connectivity index (χ3v) is 2.58.